The molecule has 2 aromatic carbocycles. The molecule has 2 aromatic rings. The molecule has 0 N–H and O–H groups in total. The second-order valence-electron chi connectivity index (χ2n) is 4.34. The van der Waals surface area contributed by atoms with Gasteiger partial charge < -0.3 is 4.74 Å². The van der Waals surface area contributed by atoms with Crippen molar-refractivity contribution in [1.29, 1.82) is 0 Å². The van der Waals surface area contributed by atoms with Gasteiger partial charge in [0, 0.05) is 7.05 Å². The van der Waals surface area contributed by atoms with Gasteiger partial charge in [0.2, 0.25) is 0 Å². The van der Waals surface area contributed by atoms with Crippen LogP contribution in [0.3, 0.4) is 0 Å². The van der Waals surface area contributed by atoms with E-state index in [0.717, 1.165) is 11.4 Å². The summed E-state index contributed by atoms with van der Waals surface area (Å²) in [4.78, 5) is 5.80. The summed E-state index contributed by atoms with van der Waals surface area (Å²) in [5.41, 5.74) is 0.985. The van der Waals surface area contributed by atoms with Crippen molar-refractivity contribution in [3.05, 3.63) is 73.3 Å². The van der Waals surface area contributed by atoms with E-state index in [0.29, 0.717) is 6.61 Å². The van der Waals surface area contributed by atoms with Gasteiger partial charge in [0.05, 0.1) is 5.69 Å². The SMILES string of the molecule is C=CC(COc1ccccc1)ON(C)c1ccccc1. The molecule has 3 nitrogen and oxygen atoms in total. The number of hydroxylamine groups is 1. The Morgan fingerprint density at radius 2 is 1.65 bits per heavy atom. The molecule has 0 fully saturated rings. The zero-order valence-electron chi connectivity index (χ0n) is 11.6. The summed E-state index contributed by atoms with van der Waals surface area (Å²) in [6.45, 7) is 4.21. The van der Waals surface area contributed by atoms with Crippen molar-refractivity contribution in [1.82, 2.24) is 0 Å². The molecule has 0 aliphatic heterocycles. The lowest BCUT2D eigenvalue weighted by molar-refractivity contribution is 0.0411. The van der Waals surface area contributed by atoms with Gasteiger partial charge in [-0.2, -0.15) is 0 Å². The van der Waals surface area contributed by atoms with E-state index < -0.39 is 0 Å². The Morgan fingerprint density at radius 3 is 2.25 bits per heavy atom. The van der Waals surface area contributed by atoms with E-state index in [9.17, 15) is 0 Å². The first-order chi connectivity index (χ1) is 9.79. The summed E-state index contributed by atoms with van der Waals surface area (Å²) in [5, 5.41) is 1.72. The molecule has 0 heterocycles. The Hall–Kier alpha value is -2.26. The van der Waals surface area contributed by atoms with Crippen LogP contribution in [-0.2, 0) is 4.84 Å². The second-order valence-corrected chi connectivity index (χ2v) is 4.34. The van der Waals surface area contributed by atoms with Crippen molar-refractivity contribution in [2.75, 3.05) is 18.7 Å². The van der Waals surface area contributed by atoms with E-state index in [1.807, 2.05) is 67.7 Å². The standard InChI is InChI=1S/C17H19NO2/c1-3-16(14-19-17-12-8-5-9-13-17)20-18(2)15-10-6-4-7-11-15/h3-13,16H,1,14H2,2H3. The van der Waals surface area contributed by atoms with Gasteiger partial charge in [-0.05, 0) is 24.3 Å². The minimum atomic E-state index is -0.208. The third-order valence-electron chi connectivity index (χ3n) is 2.83. The van der Waals surface area contributed by atoms with Crippen molar-refractivity contribution in [2.45, 2.75) is 6.10 Å². The van der Waals surface area contributed by atoms with Crippen LogP contribution in [0, 0.1) is 0 Å². The molecule has 2 rings (SSSR count). The predicted octanol–water partition coefficient (Wildman–Crippen LogP) is 3.69. The minimum absolute atomic E-state index is 0.208. The Morgan fingerprint density at radius 1 is 1.05 bits per heavy atom. The smallest absolute Gasteiger partial charge is 0.137 e. The van der Waals surface area contributed by atoms with Crippen LogP contribution in [0.2, 0.25) is 0 Å². The topological polar surface area (TPSA) is 21.7 Å². The first-order valence-electron chi connectivity index (χ1n) is 6.55. The maximum absolute atomic E-state index is 5.80. The molecule has 0 saturated heterocycles. The summed E-state index contributed by atoms with van der Waals surface area (Å²) in [5.74, 6) is 0.824. The van der Waals surface area contributed by atoms with Gasteiger partial charge in [0.15, 0.2) is 0 Å². The minimum Gasteiger partial charge on any atom is -0.490 e. The third-order valence-corrected chi connectivity index (χ3v) is 2.83. The highest BCUT2D eigenvalue weighted by molar-refractivity contribution is 5.42. The number of hydrogen-bond acceptors (Lipinski definition) is 3. The Labute approximate surface area is 120 Å². The van der Waals surface area contributed by atoms with Crippen LogP contribution >= 0.6 is 0 Å². The van der Waals surface area contributed by atoms with Gasteiger partial charge >= 0.3 is 0 Å². The number of rotatable bonds is 7. The summed E-state index contributed by atoms with van der Waals surface area (Å²) < 4.78 is 5.67. The number of nitrogens with zero attached hydrogens (tertiary/aromatic N) is 1. The van der Waals surface area contributed by atoms with Crippen LogP contribution < -0.4 is 9.80 Å². The maximum Gasteiger partial charge on any atom is 0.137 e. The molecule has 0 saturated carbocycles. The molecule has 20 heavy (non-hydrogen) atoms. The van der Waals surface area contributed by atoms with Crippen molar-refractivity contribution < 1.29 is 9.57 Å². The number of anilines is 1. The monoisotopic (exact) mass is 269 g/mol. The average Bonchev–Trinajstić information content (AvgIpc) is 2.53. The van der Waals surface area contributed by atoms with Crippen molar-refractivity contribution in [3.8, 4) is 5.75 Å². The summed E-state index contributed by atoms with van der Waals surface area (Å²) in [7, 11) is 1.87. The maximum atomic E-state index is 5.80. The van der Waals surface area contributed by atoms with Gasteiger partial charge in [0.25, 0.3) is 0 Å². The first-order valence-corrected chi connectivity index (χ1v) is 6.55. The lowest BCUT2D eigenvalue weighted by atomic mass is 10.3. The number of benzene rings is 2. The van der Waals surface area contributed by atoms with E-state index in [2.05, 4.69) is 6.58 Å². The molecule has 0 spiro atoms. The number of hydrogen-bond donors (Lipinski definition) is 0. The fourth-order valence-electron chi connectivity index (χ4n) is 1.74. The molecular weight excluding hydrogens is 250 g/mol. The number of para-hydroxylation sites is 2. The van der Waals surface area contributed by atoms with E-state index in [1.54, 1.807) is 11.1 Å². The number of ether oxygens (including phenoxy) is 1. The molecule has 104 valence electrons. The molecule has 0 radical (unpaired) electrons. The Kier molecular flexibility index (Phi) is 5.21. The quantitative estimate of drug-likeness (QED) is 0.565. The highest BCUT2D eigenvalue weighted by Crippen LogP contribution is 2.14. The third kappa shape index (κ3) is 4.14. The Bertz CT molecular complexity index is 513. The van der Waals surface area contributed by atoms with E-state index in [-0.39, 0.29) is 6.10 Å². The van der Waals surface area contributed by atoms with Crippen LogP contribution in [0.5, 0.6) is 5.75 Å². The van der Waals surface area contributed by atoms with Gasteiger partial charge in [-0.25, -0.2) is 0 Å². The highest BCUT2D eigenvalue weighted by atomic mass is 16.7. The zero-order chi connectivity index (χ0) is 14.2. The van der Waals surface area contributed by atoms with Gasteiger partial charge in [-0.3, -0.25) is 9.90 Å². The van der Waals surface area contributed by atoms with Crippen LogP contribution in [0.25, 0.3) is 0 Å². The van der Waals surface area contributed by atoms with Gasteiger partial charge in [-0.15, -0.1) is 6.58 Å². The van der Waals surface area contributed by atoms with Crippen LogP contribution in [0.1, 0.15) is 0 Å². The zero-order valence-corrected chi connectivity index (χ0v) is 11.6. The lowest BCUT2D eigenvalue weighted by Crippen LogP contribution is -2.29. The molecule has 0 aromatic heterocycles. The van der Waals surface area contributed by atoms with Gasteiger partial charge in [-0.1, -0.05) is 42.5 Å². The largest absolute Gasteiger partial charge is 0.490 e. The van der Waals surface area contributed by atoms with E-state index in [4.69, 9.17) is 9.57 Å². The van der Waals surface area contributed by atoms with E-state index >= 15 is 0 Å². The highest BCUT2D eigenvalue weighted by Gasteiger charge is 2.10. The summed E-state index contributed by atoms with van der Waals surface area (Å²) >= 11 is 0. The average molecular weight is 269 g/mol. The molecule has 0 amide bonds. The molecule has 1 atom stereocenters. The van der Waals surface area contributed by atoms with Crippen molar-refractivity contribution >= 4 is 5.69 Å². The van der Waals surface area contributed by atoms with Crippen molar-refractivity contribution in [2.24, 2.45) is 0 Å². The van der Waals surface area contributed by atoms with E-state index in [1.165, 1.54) is 0 Å². The molecular formula is C17H19NO2. The molecule has 1 unspecified atom stereocenters. The second kappa shape index (κ2) is 7.36. The van der Waals surface area contributed by atoms with Crippen LogP contribution in [-0.4, -0.2) is 19.8 Å². The molecule has 0 aliphatic carbocycles. The fourth-order valence-corrected chi connectivity index (χ4v) is 1.74. The fraction of sp³-hybridized carbons (Fsp3) is 0.176. The molecule has 0 bridgehead atoms. The van der Waals surface area contributed by atoms with Gasteiger partial charge in [0.1, 0.15) is 18.5 Å². The normalized spacial score (nSPS) is 11.7. The summed E-state index contributed by atoms with van der Waals surface area (Å²) in [6.07, 6.45) is 1.53. The Balaban J connectivity index is 1.88. The van der Waals surface area contributed by atoms with Crippen LogP contribution in [0.4, 0.5) is 5.69 Å². The molecule has 0 aliphatic rings. The summed E-state index contributed by atoms with van der Waals surface area (Å²) in [6, 6.07) is 19.6. The van der Waals surface area contributed by atoms with Crippen LogP contribution in [0.15, 0.2) is 73.3 Å². The lowest BCUT2D eigenvalue weighted by Gasteiger charge is -2.23. The van der Waals surface area contributed by atoms with Crippen molar-refractivity contribution in [3.63, 3.8) is 0 Å². The predicted molar refractivity (Wildman–Crippen MR) is 81.9 cm³/mol. The molecule has 3 heteroatoms. The first kappa shape index (κ1) is 14.2.